The number of carbonyl (C=O) groups is 1. The van der Waals surface area contributed by atoms with Gasteiger partial charge in [-0.3, -0.25) is 9.78 Å². The first-order chi connectivity index (χ1) is 9.17. The van der Waals surface area contributed by atoms with Crippen molar-refractivity contribution in [2.24, 2.45) is 0 Å². The van der Waals surface area contributed by atoms with Crippen LogP contribution in [0.5, 0.6) is 0 Å². The summed E-state index contributed by atoms with van der Waals surface area (Å²) in [5.74, 6) is -0.0129. The summed E-state index contributed by atoms with van der Waals surface area (Å²) in [6.45, 7) is 7.33. The summed E-state index contributed by atoms with van der Waals surface area (Å²) in [4.78, 5) is 22.7. The van der Waals surface area contributed by atoms with E-state index in [-0.39, 0.29) is 5.91 Å². The molecule has 0 aliphatic heterocycles. The average Bonchev–Trinajstić information content (AvgIpc) is 2.90. The van der Waals surface area contributed by atoms with Crippen LogP contribution in [0.15, 0.2) is 23.7 Å². The van der Waals surface area contributed by atoms with Crippen LogP contribution in [0.25, 0.3) is 10.7 Å². The van der Waals surface area contributed by atoms with Crippen molar-refractivity contribution >= 4 is 17.2 Å². The zero-order chi connectivity index (χ0) is 13.8. The number of hydrogen-bond acceptors (Lipinski definition) is 4. The van der Waals surface area contributed by atoms with Crippen molar-refractivity contribution in [3.8, 4) is 10.7 Å². The van der Waals surface area contributed by atoms with Gasteiger partial charge in [-0.1, -0.05) is 6.07 Å². The fraction of sp³-hybridized carbons (Fsp3) is 0.357. The average molecular weight is 275 g/mol. The monoisotopic (exact) mass is 275 g/mol. The molecule has 5 heteroatoms. The number of carbonyl (C=O) groups excluding carboxylic acids is 1. The van der Waals surface area contributed by atoms with Gasteiger partial charge in [0.05, 0.1) is 0 Å². The van der Waals surface area contributed by atoms with E-state index in [1.54, 1.807) is 11.1 Å². The predicted octanol–water partition coefficient (Wildman–Crippen LogP) is 3.00. The minimum absolute atomic E-state index is 0.0129. The Morgan fingerprint density at radius 1 is 1.37 bits per heavy atom. The molecule has 19 heavy (non-hydrogen) atoms. The molecule has 0 unspecified atom stereocenters. The molecule has 0 bridgehead atoms. The lowest BCUT2D eigenvalue weighted by molar-refractivity contribution is 0.0768. The number of hydrogen-bond donors (Lipinski definition) is 0. The third-order valence-corrected chi connectivity index (χ3v) is 3.83. The van der Waals surface area contributed by atoms with E-state index in [1.807, 2.05) is 38.3 Å². The highest BCUT2D eigenvalue weighted by Crippen LogP contribution is 2.24. The van der Waals surface area contributed by atoms with Gasteiger partial charge in [-0.25, -0.2) is 4.98 Å². The van der Waals surface area contributed by atoms with Gasteiger partial charge in [0.1, 0.15) is 16.4 Å². The Labute approximate surface area is 117 Å². The number of aryl methyl sites for hydroxylation is 1. The van der Waals surface area contributed by atoms with Crippen molar-refractivity contribution < 1.29 is 4.79 Å². The van der Waals surface area contributed by atoms with Gasteiger partial charge in [-0.2, -0.15) is 0 Å². The van der Waals surface area contributed by atoms with Crippen LogP contribution >= 0.6 is 11.3 Å². The summed E-state index contributed by atoms with van der Waals surface area (Å²) < 4.78 is 0. The quantitative estimate of drug-likeness (QED) is 0.861. The molecule has 0 spiro atoms. The Kier molecular flexibility index (Phi) is 4.27. The fourth-order valence-electron chi connectivity index (χ4n) is 1.86. The molecule has 2 aromatic rings. The van der Waals surface area contributed by atoms with Crippen LogP contribution in [0.4, 0.5) is 0 Å². The van der Waals surface area contributed by atoms with Crippen molar-refractivity contribution in [1.29, 1.82) is 0 Å². The van der Waals surface area contributed by atoms with E-state index in [4.69, 9.17) is 0 Å². The number of aromatic nitrogens is 2. The zero-order valence-corrected chi connectivity index (χ0v) is 12.2. The molecular weight excluding hydrogens is 258 g/mol. The minimum atomic E-state index is -0.0129. The molecule has 0 aliphatic carbocycles. The maximum atomic E-state index is 12.2. The van der Waals surface area contributed by atoms with E-state index in [1.165, 1.54) is 11.3 Å². The number of thiazole rings is 1. The molecule has 0 radical (unpaired) electrons. The van der Waals surface area contributed by atoms with Gasteiger partial charge >= 0.3 is 0 Å². The molecule has 0 fully saturated rings. The van der Waals surface area contributed by atoms with Crippen molar-refractivity contribution in [2.75, 3.05) is 13.1 Å². The second-order valence-corrected chi connectivity index (χ2v) is 5.04. The summed E-state index contributed by atoms with van der Waals surface area (Å²) in [7, 11) is 0. The van der Waals surface area contributed by atoms with E-state index in [2.05, 4.69) is 9.97 Å². The first kappa shape index (κ1) is 13.7. The second-order valence-electron chi connectivity index (χ2n) is 4.18. The van der Waals surface area contributed by atoms with Gasteiger partial charge in [0.15, 0.2) is 0 Å². The number of pyridine rings is 1. The molecule has 0 atom stereocenters. The molecule has 100 valence electrons. The molecule has 0 aromatic carbocycles. The van der Waals surface area contributed by atoms with Crippen LogP contribution in [0.2, 0.25) is 0 Å². The van der Waals surface area contributed by atoms with E-state index in [0.29, 0.717) is 18.8 Å². The molecule has 0 saturated heterocycles. The molecule has 0 aliphatic rings. The lowest BCUT2D eigenvalue weighted by Crippen LogP contribution is -2.30. The number of rotatable bonds is 4. The highest BCUT2D eigenvalue weighted by Gasteiger charge is 2.17. The summed E-state index contributed by atoms with van der Waals surface area (Å²) in [5, 5.41) is 2.61. The van der Waals surface area contributed by atoms with E-state index in [0.717, 1.165) is 16.3 Å². The Balaban J connectivity index is 2.29. The normalized spacial score (nSPS) is 10.5. The Morgan fingerprint density at radius 3 is 2.74 bits per heavy atom. The highest BCUT2D eigenvalue weighted by atomic mass is 32.1. The van der Waals surface area contributed by atoms with E-state index >= 15 is 0 Å². The molecule has 2 heterocycles. The van der Waals surface area contributed by atoms with Crippen molar-refractivity contribution in [3.63, 3.8) is 0 Å². The Hall–Kier alpha value is -1.75. The van der Waals surface area contributed by atoms with Crippen LogP contribution < -0.4 is 0 Å². The summed E-state index contributed by atoms with van der Waals surface area (Å²) in [5.41, 5.74) is 2.43. The van der Waals surface area contributed by atoms with Crippen LogP contribution in [0.1, 0.15) is 29.9 Å². The van der Waals surface area contributed by atoms with E-state index < -0.39 is 0 Å². The molecule has 1 amide bonds. The zero-order valence-electron chi connectivity index (χ0n) is 11.4. The molecule has 0 saturated carbocycles. The summed E-state index contributed by atoms with van der Waals surface area (Å²) in [6.07, 6.45) is 1.75. The number of nitrogens with zero attached hydrogens (tertiary/aromatic N) is 3. The molecule has 2 aromatic heterocycles. The lowest BCUT2D eigenvalue weighted by atomic mass is 10.2. The Morgan fingerprint density at radius 2 is 2.11 bits per heavy atom. The topological polar surface area (TPSA) is 46.1 Å². The van der Waals surface area contributed by atoms with Crippen molar-refractivity contribution in [3.05, 3.63) is 35.0 Å². The van der Waals surface area contributed by atoms with Crippen molar-refractivity contribution in [2.45, 2.75) is 20.8 Å². The molecule has 4 nitrogen and oxygen atoms in total. The van der Waals surface area contributed by atoms with E-state index in [9.17, 15) is 4.79 Å². The van der Waals surface area contributed by atoms with Crippen LogP contribution in [-0.2, 0) is 0 Å². The smallest absolute Gasteiger partial charge is 0.273 e. The van der Waals surface area contributed by atoms with Gasteiger partial charge in [0.2, 0.25) is 0 Å². The van der Waals surface area contributed by atoms with Crippen LogP contribution in [-0.4, -0.2) is 33.9 Å². The lowest BCUT2D eigenvalue weighted by Gasteiger charge is -2.16. The standard InChI is InChI=1S/C14H17N3OS/c1-4-17(5-2)14(18)11-9-19-13(16-11)12-10(3)7-6-8-15-12/h6-9H,4-5H2,1-3H3. The van der Waals surface area contributed by atoms with Gasteiger partial charge in [0.25, 0.3) is 5.91 Å². The molecular formula is C14H17N3OS. The predicted molar refractivity (Wildman–Crippen MR) is 77.3 cm³/mol. The fourth-order valence-corrected chi connectivity index (χ4v) is 2.72. The van der Waals surface area contributed by atoms with Crippen molar-refractivity contribution in [1.82, 2.24) is 14.9 Å². The highest BCUT2D eigenvalue weighted by molar-refractivity contribution is 7.13. The summed E-state index contributed by atoms with van der Waals surface area (Å²) in [6, 6.07) is 3.89. The molecule has 0 N–H and O–H groups in total. The van der Waals surface area contributed by atoms with Gasteiger partial charge in [-0.15, -0.1) is 11.3 Å². The maximum absolute atomic E-state index is 12.2. The largest absolute Gasteiger partial charge is 0.338 e. The van der Waals surface area contributed by atoms with Gasteiger partial charge in [0, 0.05) is 24.7 Å². The van der Waals surface area contributed by atoms with Gasteiger partial charge < -0.3 is 4.90 Å². The first-order valence-electron chi connectivity index (χ1n) is 6.34. The van der Waals surface area contributed by atoms with Crippen LogP contribution in [0, 0.1) is 6.92 Å². The SMILES string of the molecule is CCN(CC)C(=O)c1csc(-c2ncccc2C)n1. The third kappa shape index (κ3) is 2.81. The first-order valence-corrected chi connectivity index (χ1v) is 7.22. The molecule has 2 rings (SSSR count). The minimum Gasteiger partial charge on any atom is -0.338 e. The summed E-state index contributed by atoms with van der Waals surface area (Å²) >= 11 is 1.46. The van der Waals surface area contributed by atoms with Crippen LogP contribution in [0.3, 0.4) is 0 Å². The second kappa shape index (κ2) is 5.93. The third-order valence-electron chi connectivity index (χ3n) is 2.99. The maximum Gasteiger partial charge on any atom is 0.273 e. The van der Waals surface area contributed by atoms with Gasteiger partial charge in [-0.05, 0) is 32.4 Å². The number of amides is 1. The Bertz CT molecular complexity index is 576.